The van der Waals surface area contributed by atoms with Crippen LogP contribution in [0.1, 0.15) is 22.8 Å². The predicted octanol–water partition coefficient (Wildman–Crippen LogP) is 2.00. The van der Waals surface area contributed by atoms with Crippen molar-refractivity contribution >= 4 is 18.0 Å². The van der Waals surface area contributed by atoms with Gasteiger partial charge in [0, 0.05) is 11.1 Å². The normalized spacial score (nSPS) is 10.4. The van der Waals surface area contributed by atoms with Crippen LogP contribution in [0.3, 0.4) is 0 Å². The maximum absolute atomic E-state index is 12.5. The van der Waals surface area contributed by atoms with Gasteiger partial charge in [0.15, 0.2) is 11.5 Å². The summed E-state index contributed by atoms with van der Waals surface area (Å²) >= 11 is 0. The van der Waals surface area contributed by atoms with Gasteiger partial charge in [0.2, 0.25) is 5.75 Å². The molecule has 0 fully saturated rings. The van der Waals surface area contributed by atoms with Crippen LogP contribution in [0.5, 0.6) is 28.7 Å². The minimum atomic E-state index is -0.512. The number of methoxy groups -OCH3 is 4. The monoisotopic (exact) mass is 445 g/mol. The molecule has 2 aromatic carbocycles. The van der Waals surface area contributed by atoms with Crippen molar-refractivity contribution in [3.63, 3.8) is 0 Å². The van der Waals surface area contributed by atoms with E-state index in [2.05, 4.69) is 15.8 Å². The van der Waals surface area contributed by atoms with Crippen molar-refractivity contribution in [3.8, 4) is 28.7 Å². The number of hydrogen-bond acceptors (Lipinski definition) is 8. The van der Waals surface area contributed by atoms with Crippen LogP contribution in [0.15, 0.2) is 35.4 Å². The van der Waals surface area contributed by atoms with Crippen molar-refractivity contribution in [1.82, 2.24) is 10.7 Å². The van der Waals surface area contributed by atoms with Crippen LogP contribution in [-0.2, 0) is 4.79 Å². The molecule has 0 saturated carbocycles. The Balaban J connectivity index is 1.99. The van der Waals surface area contributed by atoms with E-state index in [0.717, 1.165) is 0 Å². The van der Waals surface area contributed by atoms with E-state index in [1.807, 2.05) is 6.92 Å². The van der Waals surface area contributed by atoms with Gasteiger partial charge < -0.3 is 29.0 Å². The zero-order valence-electron chi connectivity index (χ0n) is 18.7. The fourth-order valence-electron chi connectivity index (χ4n) is 2.76. The van der Waals surface area contributed by atoms with Gasteiger partial charge in [-0.15, -0.1) is 0 Å². The average molecular weight is 445 g/mol. The lowest BCUT2D eigenvalue weighted by Gasteiger charge is -2.14. The Labute approximate surface area is 186 Å². The van der Waals surface area contributed by atoms with Gasteiger partial charge in [-0.05, 0) is 37.3 Å². The van der Waals surface area contributed by atoms with E-state index in [1.54, 1.807) is 18.2 Å². The van der Waals surface area contributed by atoms with E-state index in [9.17, 15) is 9.59 Å². The van der Waals surface area contributed by atoms with Gasteiger partial charge in [-0.3, -0.25) is 9.59 Å². The van der Waals surface area contributed by atoms with Crippen LogP contribution >= 0.6 is 0 Å². The number of carbonyl (C=O) groups excluding carboxylic acids is 2. The third-order valence-electron chi connectivity index (χ3n) is 4.24. The Morgan fingerprint density at radius 2 is 1.59 bits per heavy atom. The SMILES string of the molecule is CCOc1ccc(OC)c(C=NNC(=O)CNC(=O)c2cc(OC)c(OC)c(OC)c2)c1. The number of nitrogens with one attached hydrogen (secondary N) is 2. The molecule has 0 aliphatic carbocycles. The lowest BCUT2D eigenvalue weighted by Crippen LogP contribution is -2.35. The first-order valence-corrected chi connectivity index (χ1v) is 9.68. The highest BCUT2D eigenvalue weighted by molar-refractivity contribution is 5.97. The Kier molecular flexibility index (Phi) is 9.15. The summed E-state index contributed by atoms with van der Waals surface area (Å²) in [5.74, 6) is 1.24. The summed E-state index contributed by atoms with van der Waals surface area (Å²) < 4.78 is 26.4. The van der Waals surface area contributed by atoms with E-state index < -0.39 is 11.8 Å². The van der Waals surface area contributed by atoms with E-state index in [-0.39, 0.29) is 12.1 Å². The second kappa shape index (κ2) is 12.0. The third-order valence-corrected chi connectivity index (χ3v) is 4.24. The molecule has 0 aliphatic rings. The first-order valence-electron chi connectivity index (χ1n) is 9.68. The second-order valence-electron chi connectivity index (χ2n) is 6.23. The molecule has 0 unspecified atom stereocenters. The summed E-state index contributed by atoms with van der Waals surface area (Å²) in [4.78, 5) is 24.5. The molecule has 0 aromatic heterocycles. The quantitative estimate of drug-likeness (QED) is 0.401. The molecule has 2 amide bonds. The fraction of sp³-hybridized carbons (Fsp3) is 0.318. The average Bonchev–Trinajstić information content (AvgIpc) is 2.81. The molecule has 10 nitrogen and oxygen atoms in total. The maximum Gasteiger partial charge on any atom is 0.259 e. The molecule has 0 heterocycles. The molecular weight excluding hydrogens is 418 g/mol. The minimum Gasteiger partial charge on any atom is -0.496 e. The van der Waals surface area contributed by atoms with Crippen LogP contribution in [0, 0.1) is 0 Å². The largest absolute Gasteiger partial charge is 0.496 e. The van der Waals surface area contributed by atoms with Crippen LogP contribution in [0.4, 0.5) is 0 Å². The highest BCUT2D eigenvalue weighted by Crippen LogP contribution is 2.38. The summed E-state index contributed by atoms with van der Waals surface area (Å²) in [6.07, 6.45) is 1.43. The number of rotatable bonds is 11. The summed E-state index contributed by atoms with van der Waals surface area (Å²) in [6.45, 7) is 2.11. The number of benzene rings is 2. The Morgan fingerprint density at radius 1 is 0.938 bits per heavy atom. The van der Waals surface area contributed by atoms with E-state index in [1.165, 1.54) is 46.8 Å². The molecule has 0 bridgehead atoms. The summed E-state index contributed by atoms with van der Waals surface area (Å²) in [5.41, 5.74) is 3.22. The first-order chi connectivity index (χ1) is 15.5. The molecule has 172 valence electrons. The van der Waals surface area contributed by atoms with Crippen molar-refractivity contribution in [1.29, 1.82) is 0 Å². The molecule has 2 aromatic rings. The smallest absolute Gasteiger partial charge is 0.259 e. The second-order valence-corrected chi connectivity index (χ2v) is 6.23. The fourth-order valence-corrected chi connectivity index (χ4v) is 2.76. The van der Waals surface area contributed by atoms with Crippen LogP contribution in [-0.4, -0.2) is 59.6 Å². The molecule has 0 atom stereocenters. The summed E-state index contributed by atoms with van der Waals surface area (Å²) in [5, 5.41) is 6.43. The molecular formula is C22H27N3O7. The van der Waals surface area contributed by atoms with Crippen LogP contribution in [0.25, 0.3) is 0 Å². The maximum atomic E-state index is 12.5. The summed E-state index contributed by atoms with van der Waals surface area (Å²) in [7, 11) is 5.89. The minimum absolute atomic E-state index is 0.244. The van der Waals surface area contributed by atoms with Gasteiger partial charge in [-0.2, -0.15) is 5.10 Å². The zero-order valence-corrected chi connectivity index (χ0v) is 18.7. The number of amides is 2. The highest BCUT2D eigenvalue weighted by atomic mass is 16.5. The van der Waals surface area contributed by atoms with Crippen molar-refractivity contribution in [2.24, 2.45) is 5.10 Å². The molecule has 10 heteroatoms. The Morgan fingerprint density at radius 3 is 2.16 bits per heavy atom. The van der Waals surface area contributed by atoms with Crippen molar-refractivity contribution in [2.45, 2.75) is 6.92 Å². The van der Waals surface area contributed by atoms with Crippen molar-refractivity contribution in [3.05, 3.63) is 41.5 Å². The van der Waals surface area contributed by atoms with E-state index in [4.69, 9.17) is 23.7 Å². The molecule has 0 saturated heterocycles. The number of ether oxygens (including phenoxy) is 5. The van der Waals surface area contributed by atoms with E-state index in [0.29, 0.717) is 40.9 Å². The number of hydrogen-bond donors (Lipinski definition) is 2. The number of nitrogens with zero attached hydrogens (tertiary/aromatic N) is 1. The van der Waals surface area contributed by atoms with Gasteiger partial charge in [0.1, 0.15) is 11.5 Å². The topological polar surface area (TPSA) is 117 Å². The van der Waals surface area contributed by atoms with Crippen LogP contribution < -0.4 is 34.4 Å². The first kappa shape index (κ1) is 24.3. The van der Waals surface area contributed by atoms with Gasteiger partial charge in [-0.25, -0.2) is 5.43 Å². The molecule has 0 radical (unpaired) electrons. The van der Waals surface area contributed by atoms with Gasteiger partial charge in [0.05, 0.1) is 47.8 Å². The summed E-state index contributed by atoms with van der Waals surface area (Å²) in [6, 6.07) is 8.24. The molecule has 0 spiro atoms. The molecule has 32 heavy (non-hydrogen) atoms. The van der Waals surface area contributed by atoms with Gasteiger partial charge in [-0.1, -0.05) is 0 Å². The lowest BCUT2D eigenvalue weighted by atomic mass is 10.1. The Hall–Kier alpha value is -3.95. The van der Waals surface area contributed by atoms with E-state index >= 15 is 0 Å². The van der Waals surface area contributed by atoms with Crippen molar-refractivity contribution < 1.29 is 33.3 Å². The van der Waals surface area contributed by atoms with Gasteiger partial charge >= 0.3 is 0 Å². The number of hydrazone groups is 1. The Bertz CT molecular complexity index is 951. The predicted molar refractivity (Wildman–Crippen MR) is 118 cm³/mol. The van der Waals surface area contributed by atoms with Crippen molar-refractivity contribution in [2.75, 3.05) is 41.6 Å². The highest BCUT2D eigenvalue weighted by Gasteiger charge is 2.17. The molecule has 2 N–H and O–H groups in total. The number of carbonyl (C=O) groups is 2. The van der Waals surface area contributed by atoms with Crippen LogP contribution in [0.2, 0.25) is 0 Å². The lowest BCUT2D eigenvalue weighted by molar-refractivity contribution is -0.120. The van der Waals surface area contributed by atoms with Gasteiger partial charge in [0.25, 0.3) is 11.8 Å². The third kappa shape index (κ3) is 6.27. The zero-order chi connectivity index (χ0) is 23.5. The molecule has 2 rings (SSSR count). The molecule has 0 aliphatic heterocycles. The standard InChI is InChI=1S/C22H27N3O7/c1-6-32-16-7-8-17(28-2)15(9-16)12-24-25-20(26)13-23-22(27)14-10-18(29-3)21(31-5)19(11-14)30-4/h7-12H,6,13H2,1-5H3,(H,23,27)(H,25,26).